The predicted octanol–water partition coefficient (Wildman–Crippen LogP) is 6.44. The molecule has 0 heterocycles. The summed E-state index contributed by atoms with van der Waals surface area (Å²) in [6, 6.07) is 0. The van der Waals surface area contributed by atoms with Crippen LogP contribution in [0.25, 0.3) is 0 Å². The molecule has 0 aromatic heterocycles. The molecule has 0 unspecified atom stereocenters. The monoisotopic (exact) mass is 306 g/mol. The highest BCUT2D eigenvalue weighted by molar-refractivity contribution is 5.66. The number of unbranched alkanes of at least 4 members (excludes halogenated alkanes) is 8. The highest BCUT2D eigenvalue weighted by atomic mass is 16.4. The zero-order chi connectivity index (χ0) is 16.3. The minimum atomic E-state index is -0.671. The maximum Gasteiger partial charge on any atom is 0.303 e. The van der Waals surface area contributed by atoms with Crippen molar-refractivity contribution in [3.8, 4) is 0 Å². The van der Waals surface area contributed by atoms with E-state index in [0.717, 1.165) is 32.1 Å². The second kappa shape index (κ2) is 17.7. The van der Waals surface area contributed by atoms with Crippen molar-refractivity contribution in [2.24, 2.45) is 0 Å². The number of hydrogen-bond acceptors (Lipinski definition) is 1. The van der Waals surface area contributed by atoms with Crippen molar-refractivity contribution in [2.45, 2.75) is 84.0 Å². The van der Waals surface area contributed by atoms with Gasteiger partial charge in [0.1, 0.15) is 0 Å². The predicted molar refractivity (Wildman–Crippen MR) is 96.1 cm³/mol. The topological polar surface area (TPSA) is 37.3 Å². The van der Waals surface area contributed by atoms with E-state index in [1.54, 1.807) is 0 Å². The first-order valence-corrected chi connectivity index (χ1v) is 8.95. The van der Waals surface area contributed by atoms with Crippen LogP contribution >= 0.6 is 0 Å². The van der Waals surface area contributed by atoms with Gasteiger partial charge < -0.3 is 5.11 Å². The Kier molecular flexibility index (Phi) is 16.7. The lowest BCUT2D eigenvalue weighted by molar-refractivity contribution is -0.137. The maximum absolute atomic E-state index is 10.3. The van der Waals surface area contributed by atoms with Crippen LogP contribution in [-0.2, 0) is 4.79 Å². The highest BCUT2D eigenvalue weighted by Crippen LogP contribution is 2.09. The number of aliphatic carboxylic acids is 1. The van der Waals surface area contributed by atoms with Crippen LogP contribution in [0, 0.1) is 0 Å². The first-order chi connectivity index (χ1) is 10.8. The lowest BCUT2D eigenvalue weighted by Gasteiger charge is -1.99. The molecule has 22 heavy (non-hydrogen) atoms. The number of rotatable bonds is 15. The van der Waals surface area contributed by atoms with Gasteiger partial charge in [-0.1, -0.05) is 69.1 Å². The number of carboxylic acid groups (broad SMARTS) is 1. The molecule has 0 aromatic carbocycles. The minimum absolute atomic E-state index is 0.323. The Hall–Kier alpha value is -1.31. The van der Waals surface area contributed by atoms with E-state index in [1.807, 2.05) is 0 Å². The van der Waals surface area contributed by atoms with Crippen LogP contribution in [0.15, 0.2) is 36.5 Å². The summed E-state index contributed by atoms with van der Waals surface area (Å²) in [5.41, 5.74) is 0. The molecule has 1 N–H and O–H groups in total. The summed E-state index contributed by atoms with van der Waals surface area (Å²) in [5, 5.41) is 8.52. The molecule has 2 nitrogen and oxygen atoms in total. The molecule has 0 aliphatic carbocycles. The maximum atomic E-state index is 10.3. The smallest absolute Gasteiger partial charge is 0.303 e. The SMILES string of the molecule is CC/C=C/CCC/C=C/C=C/CCCCCCCCC(=O)O. The Morgan fingerprint density at radius 3 is 1.91 bits per heavy atom. The molecule has 0 amide bonds. The third-order valence-corrected chi connectivity index (χ3v) is 3.54. The van der Waals surface area contributed by atoms with Crippen molar-refractivity contribution < 1.29 is 9.90 Å². The van der Waals surface area contributed by atoms with Gasteiger partial charge in [0.05, 0.1) is 0 Å². The Bertz CT molecular complexity index is 327. The van der Waals surface area contributed by atoms with Gasteiger partial charge in [-0.2, -0.15) is 0 Å². The van der Waals surface area contributed by atoms with Crippen molar-refractivity contribution in [2.75, 3.05) is 0 Å². The average Bonchev–Trinajstić information content (AvgIpc) is 2.50. The zero-order valence-electron chi connectivity index (χ0n) is 14.3. The molecule has 0 rings (SSSR count). The van der Waals surface area contributed by atoms with E-state index >= 15 is 0 Å². The third kappa shape index (κ3) is 18.7. The molecule has 2 heteroatoms. The summed E-state index contributed by atoms with van der Waals surface area (Å²) < 4.78 is 0. The van der Waals surface area contributed by atoms with E-state index in [2.05, 4.69) is 43.4 Å². The lowest BCUT2D eigenvalue weighted by atomic mass is 10.1. The Morgan fingerprint density at radius 2 is 1.27 bits per heavy atom. The summed E-state index contributed by atoms with van der Waals surface area (Å²) in [6.45, 7) is 2.17. The fourth-order valence-corrected chi connectivity index (χ4v) is 2.23. The molecule has 0 aromatic rings. The summed E-state index contributed by atoms with van der Waals surface area (Å²) >= 11 is 0. The van der Waals surface area contributed by atoms with Crippen molar-refractivity contribution in [3.63, 3.8) is 0 Å². The summed E-state index contributed by atoms with van der Waals surface area (Å²) in [5.74, 6) is -0.671. The number of carbonyl (C=O) groups is 1. The number of allylic oxidation sites excluding steroid dienone is 6. The van der Waals surface area contributed by atoms with Gasteiger partial charge in [-0.15, -0.1) is 0 Å². The van der Waals surface area contributed by atoms with Crippen molar-refractivity contribution >= 4 is 5.97 Å². The van der Waals surface area contributed by atoms with Crippen LogP contribution < -0.4 is 0 Å². The Balaban J connectivity index is 3.23. The number of hydrogen-bond donors (Lipinski definition) is 1. The van der Waals surface area contributed by atoms with Gasteiger partial charge >= 0.3 is 5.97 Å². The second-order valence-corrected chi connectivity index (χ2v) is 5.72. The van der Waals surface area contributed by atoms with Gasteiger partial charge in [0.25, 0.3) is 0 Å². The first-order valence-electron chi connectivity index (χ1n) is 8.95. The average molecular weight is 306 g/mol. The third-order valence-electron chi connectivity index (χ3n) is 3.54. The summed E-state index contributed by atoms with van der Waals surface area (Å²) in [4.78, 5) is 10.3. The van der Waals surface area contributed by atoms with Gasteiger partial charge in [-0.05, 0) is 44.9 Å². The summed E-state index contributed by atoms with van der Waals surface area (Å²) in [6.07, 6.45) is 26.3. The lowest BCUT2D eigenvalue weighted by Crippen LogP contribution is -1.93. The molecule has 0 fully saturated rings. The van der Waals surface area contributed by atoms with Gasteiger partial charge in [-0.25, -0.2) is 0 Å². The van der Waals surface area contributed by atoms with Crippen LogP contribution in [0.3, 0.4) is 0 Å². The van der Waals surface area contributed by atoms with E-state index in [0.29, 0.717) is 6.42 Å². The Labute approximate surface area is 137 Å². The van der Waals surface area contributed by atoms with E-state index in [-0.39, 0.29) is 0 Å². The van der Waals surface area contributed by atoms with Crippen LogP contribution in [0.4, 0.5) is 0 Å². The van der Waals surface area contributed by atoms with E-state index < -0.39 is 5.97 Å². The fourth-order valence-electron chi connectivity index (χ4n) is 2.23. The van der Waals surface area contributed by atoms with E-state index in [9.17, 15) is 4.79 Å². The molecule has 0 aliphatic rings. The van der Waals surface area contributed by atoms with Crippen molar-refractivity contribution in [1.29, 1.82) is 0 Å². The van der Waals surface area contributed by atoms with E-state index in [4.69, 9.17) is 5.11 Å². The van der Waals surface area contributed by atoms with E-state index in [1.165, 1.54) is 38.5 Å². The first kappa shape index (κ1) is 20.7. The van der Waals surface area contributed by atoms with Crippen LogP contribution in [0.2, 0.25) is 0 Å². The summed E-state index contributed by atoms with van der Waals surface area (Å²) in [7, 11) is 0. The van der Waals surface area contributed by atoms with Gasteiger partial charge in [0.2, 0.25) is 0 Å². The Morgan fingerprint density at radius 1 is 0.727 bits per heavy atom. The second-order valence-electron chi connectivity index (χ2n) is 5.72. The standard InChI is InChI=1S/C20H34O2/c1-2-3-4-5-6-7-8-9-10-11-12-13-14-15-16-17-18-19-20(21)22/h3-4,8-11H,2,5-7,12-19H2,1H3,(H,21,22)/b4-3+,9-8+,11-10+. The van der Waals surface area contributed by atoms with Crippen LogP contribution in [0.1, 0.15) is 84.0 Å². The molecule has 0 radical (unpaired) electrons. The molecule has 0 aliphatic heterocycles. The van der Waals surface area contributed by atoms with Gasteiger partial charge in [0, 0.05) is 6.42 Å². The molecular formula is C20H34O2. The van der Waals surface area contributed by atoms with Crippen LogP contribution in [-0.4, -0.2) is 11.1 Å². The molecule has 0 saturated heterocycles. The van der Waals surface area contributed by atoms with Crippen LogP contribution in [0.5, 0.6) is 0 Å². The zero-order valence-corrected chi connectivity index (χ0v) is 14.3. The van der Waals surface area contributed by atoms with Crippen molar-refractivity contribution in [3.05, 3.63) is 36.5 Å². The van der Waals surface area contributed by atoms with Gasteiger partial charge in [0.15, 0.2) is 0 Å². The quantitative estimate of drug-likeness (QED) is 0.215. The fraction of sp³-hybridized carbons (Fsp3) is 0.650. The van der Waals surface area contributed by atoms with Gasteiger partial charge in [-0.3, -0.25) is 4.79 Å². The molecular weight excluding hydrogens is 272 g/mol. The highest BCUT2D eigenvalue weighted by Gasteiger charge is 1.95. The number of carboxylic acids is 1. The largest absolute Gasteiger partial charge is 0.481 e. The molecule has 0 saturated carbocycles. The minimum Gasteiger partial charge on any atom is -0.481 e. The van der Waals surface area contributed by atoms with Crippen molar-refractivity contribution in [1.82, 2.24) is 0 Å². The molecule has 0 spiro atoms. The normalized spacial score (nSPS) is 12.0. The molecule has 126 valence electrons. The molecule has 0 bridgehead atoms. The molecule has 0 atom stereocenters.